The Balaban J connectivity index is 1.79. The van der Waals surface area contributed by atoms with Gasteiger partial charge in [-0.15, -0.1) is 0 Å². The number of Topliss-reactive ketones (excluding diaryl/α,β-unsaturated/α-hetero) is 1. The van der Waals surface area contributed by atoms with E-state index in [1.165, 1.54) is 0 Å². The van der Waals surface area contributed by atoms with Crippen LogP contribution in [0.1, 0.15) is 15.9 Å². The van der Waals surface area contributed by atoms with Crippen LogP contribution in [0.15, 0.2) is 53.0 Å². The minimum absolute atomic E-state index is 0.227. The van der Waals surface area contributed by atoms with Gasteiger partial charge in [-0.05, 0) is 36.8 Å². The third kappa shape index (κ3) is 5.00. The van der Waals surface area contributed by atoms with Crippen LogP contribution in [0.25, 0.3) is 0 Å². The van der Waals surface area contributed by atoms with E-state index >= 15 is 0 Å². The summed E-state index contributed by atoms with van der Waals surface area (Å²) in [5, 5.41) is 0. The molecule has 0 unspecified atom stereocenters. The first kappa shape index (κ1) is 16.2. The molecule has 114 valence electrons. The molecule has 2 aromatic carbocycles. The number of esters is 1. The van der Waals surface area contributed by atoms with Gasteiger partial charge in [-0.3, -0.25) is 4.79 Å². The molecule has 0 saturated heterocycles. The summed E-state index contributed by atoms with van der Waals surface area (Å²) < 4.78 is 11.0. The van der Waals surface area contributed by atoms with Gasteiger partial charge < -0.3 is 9.47 Å². The van der Waals surface area contributed by atoms with Gasteiger partial charge in [-0.1, -0.05) is 40.2 Å². The number of hydrogen-bond acceptors (Lipinski definition) is 4. The Labute approximate surface area is 137 Å². The molecule has 0 amide bonds. The second-order valence-electron chi connectivity index (χ2n) is 4.70. The highest BCUT2D eigenvalue weighted by Gasteiger charge is 2.11. The van der Waals surface area contributed by atoms with Crippen molar-refractivity contribution in [2.75, 3.05) is 13.2 Å². The van der Waals surface area contributed by atoms with Crippen molar-refractivity contribution in [1.82, 2.24) is 0 Å². The number of ketones is 1. The van der Waals surface area contributed by atoms with Crippen LogP contribution in [0.5, 0.6) is 5.75 Å². The lowest BCUT2D eigenvalue weighted by atomic mass is 10.1. The number of halogens is 1. The molecule has 0 saturated carbocycles. The van der Waals surface area contributed by atoms with Crippen LogP contribution in [0.2, 0.25) is 0 Å². The van der Waals surface area contributed by atoms with E-state index in [2.05, 4.69) is 15.9 Å². The van der Waals surface area contributed by atoms with Crippen LogP contribution in [-0.2, 0) is 9.53 Å². The fraction of sp³-hybridized carbons (Fsp3) is 0.176. The second-order valence-corrected chi connectivity index (χ2v) is 5.62. The summed E-state index contributed by atoms with van der Waals surface area (Å²) in [4.78, 5) is 23.5. The first-order valence-corrected chi connectivity index (χ1v) is 7.48. The number of benzene rings is 2. The second kappa shape index (κ2) is 7.75. The van der Waals surface area contributed by atoms with E-state index in [4.69, 9.17) is 9.47 Å². The monoisotopic (exact) mass is 362 g/mol. The highest BCUT2D eigenvalue weighted by atomic mass is 79.9. The zero-order chi connectivity index (χ0) is 15.9. The summed E-state index contributed by atoms with van der Waals surface area (Å²) in [6.07, 6.45) is 0. The summed E-state index contributed by atoms with van der Waals surface area (Å²) in [5.74, 6) is -0.245. The van der Waals surface area contributed by atoms with Gasteiger partial charge in [0.15, 0.2) is 19.0 Å². The summed E-state index contributed by atoms with van der Waals surface area (Å²) in [7, 11) is 0. The molecule has 2 aromatic rings. The van der Waals surface area contributed by atoms with Gasteiger partial charge in [0.2, 0.25) is 0 Å². The van der Waals surface area contributed by atoms with Crippen LogP contribution >= 0.6 is 15.9 Å². The highest BCUT2D eigenvalue weighted by molar-refractivity contribution is 9.10. The Kier molecular flexibility index (Phi) is 5.72. The van der Waals surface area contributed by atoms with E-state index in [0.717, 1.165) is 10.0 Å². The Bertz CT molecular complexity index is 682. The molecule has 0 aliphatic heterocycles. The standard InChI is InChI=1S/C17H15BrO4/c1-12-4-2-7-15(8-12)21-11-17(20)22-10-16(19)13-5-3-6-14(18)9-13/h2-9H,10-11H2,1H3. The molecule has 0 aliphatic rings. The van der Waals surface area contributed by atoms with Crippen molar-refractivity contribution in [2.45, 2.75) is 6.92 Å². The fourth-order valence-electron chi connectivity index (χ4n) is 1.78. The van der Waals surface area contributed by atoms with E-state index in [1.807, 2.05) is 31.2 Å². The maximum absolute atomic E-state index is 11.9. The average molecular weight is 363 g/mol. The molecule has 0 atom stereocenters. The molecular weight excluding hydrogens is 348 g/mol. The van der Waals surface area contributed by atoms with Crippen molar-refractivity contribution < 1.29 is 19.1 Å². The third-order valence-corrected chi connectivity index (χ3v) is 3.35. The topological polar surface area (TPSA) is 52.6 Å². The zero-order valence-corrected chi connectivity index (χ0v) is 13.6. The molecule has 0 N–H and O–H groups in total. The number of carbonyl (C=O) groups excluding carboxylic acids is 2. The molecule has 5 heteroatoms. The van der Waals surface area contributed by atoms with Gasteiger partial charge in [-0.25, -0.2) is 4.79 Å². The summed E-state index contributed by atoms with van der Waals surface area (Å²) in [5.41, 5.74) is 1.53. The van der Waals surface area contributed by atoms with E-state index in [9.17, 15) is 9.59 Å². The van der Waals surface area contributed by atoms with Crippen molar-refractivity contribution in [3.63, 3.8) is 0 Å². The van der Waals surface area contributed by atoms with Gasteiger partial charge in [0.25, 0.3) is 0 Å². The molecule has 0 bridgehead atoms. The van der Waals surface area contributed by atoms with E-state index < -0.39 is 5.97 Å². The maximum Gasteiger partial charge on any atom is 0.344 e. The van der Waals surface area contributed by atoms with Crippen molar-refractivity contribution >= 4 is 27.7 Å². The van der Waals surface area contributed by atoms with Gasteiger partial charge in [0, 0.05) is 10.0 Å². The fourth-order valence-corrected chi connectivity index (χ4v) is 2.18. The Morgan fingerprint density at radius 1 is 1.05 bits per heavy atom. The number of aryl methyl sites for hydroxylation is 1. The van der Waals surface area contributed by atoms with E-state index in [0.29, 0.717) is 11.3 Å². The predicted molar refractivity (Wildman–Crippen MR) is 86.1 cm³/mol. The molecular formula is C17H15BrO4. The van der Waals surface area contributed by atoms with Gasteiger partial charge in [0.05, 0.1) is 0 Å². The van der Waals surface area contributed by atoms with Gasteiger partial charge >= 0.3 is 5.97 Å². The van der Waals surface area contributed by atoms with Crippen molar-refractivity contribution in [1.29, 1.82) is 0 Å². The third-order valence-electron chi connectivity index (χ3n) is 2.86. The van der Waals surface area contributed by atoms with Crippen molar-refractivity contribution in [3.8, 4) is 5.75 Å². The van der Waals surface area contributed by atoms with E-state index in [1.54, 1.807) is 24.3 Å². The largest absolute Gasteiger partial charge is 0.482 e. The zero-order valence-electron chi connectivity index (χ0n) is 12.0. The Hall–Kier alpha value is -2.14. The lowest BCUT2D eigenvalue weighted by Crippen LogP contribution is -2.19. The van der Waals surface area contributed by atoms with Crippen molar-refractivity contribution in [3.05, 3.63) is 64.1 Å². The van der Waals surface area contributed by atoms with Gasteiger partial charge in [0.1, 0.15) is 5.75 Å². The van der Waals surface area contributed by atoms with Crippen LogP contribution in [0, 0.1) is 6.92 Å². The average Bonchev–Trinajstić information content (AvgIpc) is 2.50. The molecule has 0 heterocycles. The van der Waals surface area contributed by atoms with Gasteiger partial charge in [-0.2, -0.15) is 0 Å². The summed E-state index contributed by atoms with van der Waals surface area (Å²) in [6, 6.07) is 14.3. The molecule has 0 radical (unpaired) electrons. The minimum atomic E-state index is -0.579. The van der Waals surface area contributed by atoms with Crippen LogP contribution in [-0.4, -0.2) is 25.0 Å². The predicted octanol–water partition coefficient (Wildman–Crippen LogP) is 3.56. The molecule has 22 heavy (non-hydrogen) atoms. The molecule has 0 aromatic heterocycles. The van der Waals surface area contributed by atoms with Crippen LogP contribution < -0.4 is 4.74 Å². The first-order valence-electron chi connectivity index (χ1n) is 6.68. The molecule has 2 rings (SSSR count). The Morgan fingerprint density at radius 2 is 1.82 bits per heavy atom. The molecule has 0 aliphatic carbocycles. The maximum atomic E-state index is 11.9. The first-order chi connectivity index (χ1) is 10.5. The highest BCUT2D eigenvalue weighted by Crippen LogP contribution is 2.13. The smallest absolute Gasteiger partial charge is 0.344 e. The lowest BCUT2D eigenvalue weighted by molar-refractivity contribution is -0.144. The van der Waals surface area contributed by atoms with Crippen molar-refractivity contribution in [2.24, 2.45) is 0 Å². The summed E-state index contributed by atoms with van der Waals surface area (Å²) >= 11 is 3.29. The quantitative estimate of drug-likeness (QED) is 0.582. The Morgan fingerprint density at radius 3 is 2.55 bits per heavy atom. The lowest BCUT2D eigenvalue weighted by Gasteiger charge is -2.07. The SMILES string of the molecule is Cc1cccc(OCC(=O)OCC(=O)c2cccc(Br)c2)c1. The molecule has 0 spiro atoms. The normalized spacial score (nSPS) is 10.1. The minimum Gasteiger partial charge on any atom is -0.482 e. The van der Waals surface area contributed by atoms with Crippen LogP contribution in [0.4, 0.5) is 0 Å². The number of hydrogen-bond donors (Lipinski definition) is 0. The van der Waals surface area contributed by atoms with Crippen LogP contribution in [0.3, 0.4) is 0 Å². The number of rotatable bonds is 6. The molecule has 0 fully saturated rings. The van der Waals surface area contributed by atoms with E-state index in [-0.39, 0.29) is 19.0 Å². The number of ether oxygens (including phenoxy) is 2. The molecule has 4 nitrogen and oxygen atoms in total. The number of carbonyl (C=O) groups is 2. The summed E-state index contributed by atoms with van der Waals surface area (Å²) in [6.45, 7) is 1.41.